The Labute approximate surface area is 106 Å². The van der Waals surface area contributed by atoms with E-state index in [9.17, 15) is 5.26 Å². The molecular weight excluding hydrogens is 236 g/mol. The van der Waals surface area contributed by atoms with Crippen LogP contribution in [-0.4, -0.2) is 13.2 Å². The van der Waals surface area contributed by atoms with Crippen LogP contribution in [-0.2, 0) is 16.7 Å². The van der Waals surface area contributed by atoms with Crippen LogP contribution >= 0.6 is 11.6 Å². The van der Waals surface area contributed by atoms with Crippen LogP contribution in [0.3, 0.4) is 0 Å². The third-order valence-corrected chi connectivity index (χ3v) is 3.52. The van der Waals surface area contributed by atoms with Crippen LogP contribution in [0.5, 0.6) is 0 Å². The zero-order chi connectivity index (χ0) is 12.3. The summed E-state index contributed by atoms with van der Waals surface area (Å²) in [4.78, 5) is 0. The van der Waals surface area contributed by atoms with Crippen molar-refractivity contribution in [3.63, 3.8) is 0 Å². The predicted molar refractivity (Wildman–Crippen MR) is 66.7 cm³/mol. The van der Waals surface area contributed by atoms with Crippen LogP contribution in [0.2, 0.25) is 5.02 Å². The van der Waals surface area contributed by atoms with E-state index in [1.54, 1.807) is 0 Å². The van der Waals surface area contributed by atoms with Gasteiger partial charge in [0, 0.05) is 24.8 Å². The maximum atomic E-state index is 9.47. The van der Waals surface area contributed by atoms with Crippen molar-refractivity contribution < 1.29 is 4.74 Å². The van der Waals surface area contributed by atoms with Crippen molar-refractivity contribution in [2.24, 2.45) is 5.73 Å². The quantitative estimate of drug-likeness (QED) is 0.877. The van der Waals surface area contributed by atoms with E-state index in [0.29, 0.717) is 37.6 Å². The number of nitrogens with zero attached hydrogens (tertiary/aromatic N) is 1. The topological polar surface area (TPSA) is 59.0 Å². The number of ether oxygens (including phenoxy) is 1. The lowest BCUT2D eigenvalue weighted by atomic mass is 9.75. The third kappa shape index (κ3) is 2.44. The number of hydrogen-bond donors (Lipinski definition) is 1. The molecule has 17 heavy (non-hydrogen) atoms. The first kappa shape index (κ1) is 12.4. The molecular formula is C13H15ClN2O. The zero-order valence-corrected chi connectivity index (χ0v) is 10.3. The van der Waals surface area contributed by atoms with Crippen molar-refractivity contribution in [2.45, 2.75) is 24.8 Å². The van der Waals surface area contributed by atoms with Gasteiger partial charge in [-0.25, -0.2) is 0 Å². The largest absolute Gasteiger partial charge is 0.381 e. The van der Waals surface area contributed by atoms with Gasteiger partial charge in [0.25, 0.3) is 0 Å². The summed E-state index contributed by atoms with van der Waals surface area (Å²) < 4.78 is 5.33. The van der Waals surface area contributed by atoms with E-state index in [2.05, 4.69) is 6.07 Å². The second kappa shape index (κ2) is 5.05. The summed E-state index contributed by atoms with van der Waals surface area (Å²) in [6.45, 7) is 1.68. The number of nitriles is 1. The van der Waals surface area contributed by atoms with Crippen LogP contribution in [0.4, 0.5) is 0 Å². The highest BCUT2D eigenvalue weighted by atomic mass is 35.5. The Morgan fingerprint density at radius 3 is 2.65 bits per heavy atom. The van der Waals surface area contributed by atoms with Gasteiger partial charge in [-0.15, -0.1) is 0 Å². The number of rotatable bonds is 2. The predicted octanol–water partition coefficient (Wildman–Crippen LogP) is 2.37. The van der Waals surface area contributed by atoms with E-state index in [0.717, 1.165) is 11.1 Å². The molecule has 0 aromatic heterocycles. The first-order valence-corrected chi connectivity index (χ1v) is 6.07. The molecule has 0 amide bonds. The number of hydrogen-bond acceptors (Lipinski definition) is 3. The molecule has 1 heterocycles. The number of benzene rings is 1. The van der Waals surface area contributed by atoms with Gasteiger partial charge in [0.15, 0.2) is 0 Å². The molecule has 90 valence electrons. The molecule has 0 atom stereocenters. The van der Waals surface area contributed by atoms with Crippen LogP contribution in [0.1, 0.15) is 24.0 Å². The van der Waals surface area contributed by atoms with Gasteiger partial charge >= 0.3 is 0 Å². The maximum Gasteiger partial charge on any atom is 0.0866 e. The maximum absolute atomic E-state index is 9.47. The van der Waals surface area contributed by atoms with Crippen molar-refractivity contribution in [3.8, 4) is 6.07 Å². The SMILES string of the molecule is N#CC1(c2cc(Cl)cc(CN)c2)CCOCC1. The van der Waals surface area contributed by atoms with Gasteiger partial charge in [-0.2, -0.15) is 5.26 Å². The molecule has 2 N–H and O–H groups in total. The average molecular weight is 251 g/mol. The Bertz CT molecular complexity index is 447. The summed E-state index contributed by atoms with van der Waals surface area (Å²) in [5, 5.41) is 10.1. The Kier molecular flexibility index (Phi) is 3.68. The van der Waals surface area contributed by atoms with E-state index in [4.69, 9.17) is 22.1 Å². The third-order valence-electron chi connectivity index (χ3n) is 3.31. The van der Waals surface area contributed by atoms with Crippen LogP contribution in [0, 0.1) is 11.3 Å². The number of halogens is 1. The molecule has 0 aliphatic carbocycles. The molecule has 1 saturated heterocycles. The Balaban J connectivity index is 2.43. The van der Waals surface area contributed by atoms with Gasteiger partial charge in [-0.05, 0) is 36.1 Å². The van der Waals surface area contributed by atoms with Crippen molar-refractivity contribution in [1.29, 1.82) is 5.26 Å². The van der Waals surface area contributed by atoms with E-state index >= 15 is 0 Å². The smallest absolute Gasteiger partial charge is 0.0866 e. The fourth-order valence-electron chi connectivity index (χ4n) is 2.23. The van der Waals surface area contributed by atoms with Crippen LogP contribution in [0.15, 0.2) is 18.2 Å². The summed E-state index contributed by atoms with van der Waals surface area (Å²) in [5.74, 6) is 0. The van der Waals surface area contributed by atoms with Crippen LogP contribution < -0.4 is 5.73 Å². The molecule has 3 nitrogen and oxygen atoms in total. The highest BCUT2D eigenvalue weighted by Crippen LogP contribution is 2.35. The fourth-order valence-corrected chi connectivity index (χ4v) is 2.49. The minimum absolute atomic E-state index is 0.436. The molecule has 0 spiro atoms. The molecule has 1 aromatic carbocycles. The van der Waals surface area contributed by atoms with Crippen molar-refractivity contribution in [1.82, 2.24) is 0 Å². The van der Waals surface area contributed by atoms with Crippen molar-refractivity contribution in [2.75, 3.05) is 13.2 Å². The molecule has 0 unspecified atom stereocenters. The average Bonchev–Trinajstić information content (AvgIpc) is 2.38. The molecule has 2 rings (SSSR count). The second-order valence-electron chi connectivity index (χ2n) is 4.36. The number of nitrogens with two attached hydrogens (primary N) is 1. The van der Waals surface area contributed by atoms with Gasteiger partial charge in [0.05, 0.1) is 11.5 Å². The van der Waals surface area contributed by atoms with E-state index in [-0.39, 0.29) is 0 Å². The Morgan fingerprint density at radius 1 is 1.35 bits per heavy atom. The highest BCUT2D eigenvalue weighted by Gasteiger charge is 2.34. The zero-order valence-electron chi connectivity index (χ0n) is 9.58. The molecule has 0 saturated carbocycles. The summed E-state index contributed by atoms with van der Waals surface area (Å²) in [5.41, 5.74) is 7.11. The lowest BCUT2D eigenvalue weighted by molar-refractivity contribution is 0.0675. The molecule has 1 aliphatic heterocycles. The normalized spacial score (nSPS) is 18.6. The van der Waals surface area contributed by atoms with E-state index in [1.807, 2.05) is 18.2 Å². The molecule has 1 aliphatic rings. The monoisotopic (exact) mass is 250 g/mol. The fraction of sp³-hybridized carbons (Fsp3) is 0.462. The molecule has 4 heteroatoms. The molecule has 1 aromatic rings. The second-order valence-corrected chi connectivity index (χ2v) is 4.79. The van der Waals surface area contributed by atoms with Crippen LogP contribution in [0.25, 0.3) is 0 Å². The first-order valence-electron chi connectivity index (χ1n) is 5.69. The van der Waals surface area contributed by atoms with Gasteiger partial charge in [-0.1, -0.05) is 17.7 Å². The minimum Gasteiger partial charge on any atom is -0.381 e. The van der Waals surface area contributed by atoms with Gasteiger partial charge in [-0.3, -0.25) is 0 Å². The summed E-state index contributed by atoms with van der Waals surface area (Å²) in [7, 11) is 0. The standard InChI is InChI=1S/C13H15ClN2O/c14-12-6-10(8-15)5-11(7-12)13(9-16)1-3-17-4-2-13/h5-7H,1-4,8,15H2. The van der Waals surface area contributed by atoms with Gasteiger partial charge < -0.3 is 10.5 Å². The lowest BCUT2D eigenvalue weighted by Gasteiger charge is -2.31. The van der Waals surface area contributed by atoms with E-state index < -0.39 is 5.41 Å². The summed E-state index contributed by atoms with van der Waals surface area (Å²) in [6.07, 6.45) is 1.43. The van der Waals surface area contributed by atoms with Crippen molar-refractivity contribution in [3.05, 3.63) is 34.3 Å². The minimum atomic E-state index is -0.465. The first-order chi connectivity index (χ1) is 8.20. The Hall–Kier alpha value is -1.08. The van der Waals surface area contributed by atoms with E-state index in [1.165, 1.54) is 0 Å². The summed E-state index contributed by atoms with van der Waals surface area (Å²) >= 11 is 6.07. The summed E-state index contributed by atoms with van der Waals surface area (Å²) in [6, 6.07) is 8.13. The molecule has 0 bridgehead atoms. The highest BCUT2D eigenvalue weighted by molar-refractivity contribution is 6.30. The molecule has 1 fully saturated rings. The van der Waals surface area contributed by atoms with Gasteiger partial charge in [0.2, 0.25) is 0 Å². The van der Waals surface area contributed by atoms with Gasteiger partial charge in [0.1, 0.15) is 0 Å². The lowest BCUT2D eigenvalue weighted by Crippen LogP contribution is -2.32. The molecule has 0 radical (unpaired) electrons. The van der Waals surface area contributed by atoms with Crippen molar-refractivity contribution >= 4 is 11.6 Å². The Morgan fingerprint density at radius 2 is 2.06 bits per heavy atom.